The second kappa shape index (κ2) is 4.51. The Bertz CT molecular complexity index is 323. The van der Waals surface area contributed by atoms with Gasteiger partial charge in [0.05, 0.1) is 0 Å². The van der Waals surface area contributed by atoms with Crippen LogP contribution in [0.5, 0.6) is 0 Å². The number of aromatic nitrogens is 3. The van der Waals surface area contributed by atoms with Crippen LogP contribution in [0.15, 0.2) is 6.33 Å². The summed E-state index contributed by atoms with van der Waals surface area (Å²) in [5, 5.41) is 10.4. The Morgan fingerprint density at radius 3 is 3.25 bits per heavy atom. The van der Waals surface area contributed by atoms with Gasteiger partial charge in [-0.05, 0) is 31.8 Å². The lowest BCUT2D eigenvalue weighted by molar-refractivity contribution is 0.222. The monoisotopic (exact) mass is 221 g/mol. The molecule has 2 saturated heterocycles. The number of aromatic amines is 1. The largest absolute Gasteiger partial charge is 0.313 e. The molecule has 1 aromatic heterocycles. The first-order valence-electron chi connectivity index (χ1n) is 6.22. The molecule has 3 atom stereocenters. The van der Waals surface area contributed by atoms with Crippen molar-refractivity contribution in [2.75, 3.05) is 26.2 Å². The molecule has 0 saturated carbocycles. The van der Waals surface area contributed by atoms with E-state index >= 15 is 0 Å². The van der Waals surface area contributed by atoms with Gasteiger partial charge in [0.25, 0.3) is 0 Å². The predicted octanol–water partition coefficient (Wildman–Crippen LogP) is 0.0310. The zero-order chi connectivity index (χ0) is 10.8. The molecule has 5 nitrogen and oxygen atoms in total. The van der Waals surface area contributed by atoms with E-state index in [1.807, 2.05) is 0 Å². The Morgan fingerprint density at radius 2 is 2.38 bits per heavy atom. The van der Waals surface area contributed by atoms with E-state index in [2.05, 4.69) is 25.4 Å². The third-order valence-electron chi connectivity index (χ3n) is 3.87. The maximum atomic E-state index is 4.13. The number of fused-ring (bicyclic) bond motifs is 2. The minimum Gasteiger partial charge on any atom is -0.313 e. The minimum absolute atomic E-state index is 0.724. The summed E-state index contributed by atoms with van der Waals surface area (Å²) in [6, 6.07) is 0.724. The second-order valence-corrected chi connectivity index (χ2v) is 4.88. The summed E-state index contributed by atoms with van der Waals surface area (Å²) in [6.45, 7) is 4.90. The molecule has 16 heavy (non-hydrogen) atoms. The molecule has 2 aliphatic rings. The number of nitrogens with one attached hydrogen (secondary N) is 2. The molecule has 0 amide bonds. The lowest BCUT2D eigenvalue weighted by Crippen LogP contribution is -2.44. The molecule has 2 fully saturated rings. The van der Waals surface area contributed by atoms with Gasteiger partial charge in [-0.1, -0.05) is 0 Å². The molecule has 88 valence electrons. The topological polar surface area (TPSA) is 56.8 Å². The number of H-pyrrole nitrogens is 1. The van der Waals surface area contributed by atoms with E-state index in [9.17, 15) is 0 Å². The summed E-state index contributed by atoms with van der Waals surface area (Å²) in [7, 11) is 0. The Kier molecular flexibility index (Phi) is 2.88. The fourth-order valence-electron chi connectivity index (χ4n) is 2.95. The zero-order valence-corrected chi connectivity index (χ0v) is 9.52. The third-order valence-corrected chi connectivity index (χ3v) is 3.87. The Labute approximate surface area is 95.6 Å². The summed E-state index contributed by atoms with van der Waals surface area (Å²) >= 11 is 0. The maximum absolute atomic E-state index is 4.13. The van der Waals surface area contributed by atoms with Crippen LogP contribution in [0, 0.1) is 5.92 Å². The van der Waals surface area contributed by atoms with Gasteiger partial charge >= 0.3 is 0 Å². The van der Waals surface area contributed by atoms with E-state index in [-0.39, 0.29) is 0 Å². The SMILES string of the molecule is c1n[nH]c(CCNC2CCN3CCC2C3)n1. The number of hydrogen-bond acceptors (Lipinski definition) is 4. The Morgan fingerprint density at radius 1 is 1.44 bits per heavy atom. The molecular weight excluding hydrogens is 202 g/mol. The predicted molar refractivity (Wildman–Crippen MR) is 61.0 cm³/mol. The Hall–Kier alpha value is -0.940. The van der Waals surface area contributed by atoms with Gasteiger partial charge in [-0.2, -0.15) is 5.10 Å². The molecule has 3 rings (SSSR count). The van der Waals surface area contributed by atoms with Gasteiger partial charge in [0.2, 0.25) is 0 Å². The molecule has 2 N–H and O–H groups in total. The first-order valence-corrected chi connectivity index (χ1v) is 6.22. The molecule has 1 aromatic rings. The van der Waals surface area contributed by atoms with Crippen LogP contribution in [0.3, 0.4) is 0 Å². The van der Waals surface area contributed by atoms with E-state index in [0.717, 1.165) is 30.7 Å². The first-order chi connectivity index (χ1) is 7.92. The fraction of sp³-hybridized carbons (Fsp3) is 0.818. The van der Waals surface area contributed by atoms with E-state index in [1.165, 1.54) is 32.5 Å². The highest BCUT2D eigenvalue weighted by Crippen LogP contribution is 2.26. The van der Waals surface area contributed by atoms with E-state index in [1.54, 1.807) is 6.33 Å². The fourth-order valence-corrected chi connectivity index (χ4v) is 2.95. The van der Waals surface area contributed by atoms with Crippen molar-refractivity contribution < 1.29 is 0 Å². The van der Waals surface area contributed by atoms with Crippen molar-refractivity contribution in [3.63, 3.8) is 0 Å². The van der Waals surface area contributed by atoms with Crippen molar-refractivity contribution in [1.82, 2.24) is 25.4 Å². The third kappa shape index (κ3) is 2.10. The normalized spacial score (nSPS) is 33.1. The molecule has 2 bridgehead atoms. The summed E-state index contributed by atoms with van der Waals surface area (Å²) in [5.74, 6) is 1.86. The molecule has 5 heteroatoms. The summed E-state index contributed by atoms with van der Waals surface area (Å²) < 4.78 is 0. The number of rotatable bonds is 4. The average molecular weight is 221 g/mol. The quantitative estimate of drug-likeness (QED) is 0.753. The van der Waals surface area contributed by atoms with E-state index < -0.39 is 0 Å². The molecule has 3 heterocycles. The molecule has 2 aliphatic heterocycles. The summed E-state index contributed by atoms with van der Waals surface area (Å²) in [6.07, 6.45) is 5.21. The molecule has 0 spiro atoms. The molecule has 0 radical (unpaired) electrons. The van der Waals surface area contributed by atoms with Crippen LogP contribution in [0.4, 0.5) is 0 Å². The van der Waals surface area contributed by atoms with Gasteiger partial charge in [0, 0.05) is 25.6 Å². The smallest absolute Gasteiger partial charge is 0.137 e. The summed E-state index contributed by atoms with van der Waals surface area (Å²) in [4.78, 5) is 6.71. The van der Waals surface area contributed by atoms with Gasteiger partial charge in [0.15, 0.2) is 0 Å². The number of piperidine rings is 1. The number of hydrogen-bond donors (Lipinski definition) is 2. The van der Waals surface area contributed by atoms with Gasteiger partial charge in [-0.15, -0.1) is 0 Å². The van der Waals surface area contributed by atoms with Crippen molar-refractivity contribution in [1.29, 1.82) is 0 Å². The average Bonchev–Trinajstić information content (AvgIpc) is 2.92. The van der Waals surface area contributed by atoms with Crippen LogP contribution in [-0.2, 0) is 6.42 Å². The highest BCUT2D eigenvalue weighted by atomic mass is 15.2. The van der Waals surface area contributed by atoms with Crippen LogP contribution >= 0.6 is 0 Å². The summed E-state index contributed by atoms with van der Waals surface area (Å²) in [5.41, 5.74) is 0. The van der Waals surface area contributed by atoms with Crippen molar-refractivity contribution in [2.45, 2.75) is 25.3 Å². The zero-order valence-electron chi connectivity index (χ0n) is 9.52. The molecule has 3 unspecified atom stereocenters. The lowest BCUT2D eigenvalue weighted by Gasteiger charge is -2.31. The van der Waals surface area contributed by atoms with Gasteiger partial charge in [-0.25, -0.2) is 4.98 Å². The molecule has 0 aromatic carbocycles. The lowest BCUT2D eigenvalue weighted by atomic mass is 9.94. The number of nitrogens with zero attached hydrogens (tertiary/aromatic N) is 3. The second-order valence-electron chi connectivity index (χ2n) is 4.88. The van der Waals surface area contributed by atoms with Crippen molar-refractivity contribution in [3.05, 3.63) is 12.2 Å². The Balaban J connectivity index is 1.45. The van der Waals surface area contributed by atoms with E-state index in [4.69, 9.17) is 0 Å². The minimum atomic E-state index is 0.724. The first kappa shape index (κ1) is 10.2. The van der Waals surface area contributed by atoms with Crippen molar-refractivity contribution in [3.8, 4) is 0 Å². The maximum Gasteiger partial charge on any atom is 0.137 e. The highest BCUT2D eigenvalue weighted by molar-refractivity contribution is 4.91. The molecular formula is C11H19N5. The van der Waals surface area contributed by atoms with Crippen LogP contribution < -0.4 is 5.32 Å². The van der Waals surface area contributed by atoms with Crippen molar-refractivity contribution >= 4 is 0 Å². The van der Waals surface area contributed by atoms with E-state index in [0.29, 0.717) is 0 Å². The van der Waals surface area contributed by atoms with Gasteiger partial charge in [0.1, 0.15) is 12.2 Å². The van der Waals surface area contributed by atoms with Crippen LogP contribution in [0.1, 0.15) is 18.7 Å². The van der Waals surface area contributed by atoms with Crippen molar-refractivity contribution in [2.24, 2.45) is 5.92 Å². The standard InChI is InChI=1S/C11H19N5/c1(11-13-8-14-15-11)4-12-10-3-6-16-5-2-9(10)7-16/h8-10,12H,1-7H2,(H,13,14,15). The van der Waals surface area contributed by atoms with Crippen LogP contribution in [-0.4, -0.2) is 52.3 Å². The van der Waals surface area contributed by atoms with Gasteiger partial charge in [-0.3, -0.25) is 5.10 Å². The van der Waals surface area contributed by atoms with Crippen LogP contribution in [0.25, 0.3) is 0 Å². The molecule has 0 aliphatic carbocycles. The van der Waals surface area contributed by atoms with Gasteiger partial charge < -0.3 is 10.2 Å². The van der Waals surface area contributed by atoms with Crippen LogP contribution in [0.2, 0.25) is 0 Å². The highest BCUT2D eigenvalue weighted by Gasteiger charge is 2.33.